The highest BCUT2D eigenvalue weighted by Gasteiger charge is 2.14. The molecule has 0 aliphatic carbocycles. The molecule has 0 aliphatic heterocycles. The van der Waals surface area contributed by atoms with Gasteiger partial charge >= 0.3 is 0 Å². The smallest absolute Gasteiger partial charge is 0.273 e. The second-order valence-corrected chi connectivity index (χ2v) is 4.25. The topological polar surface area (TPSA) is 101 Å². The Hall–Kier alpha value is -2.44. The summed E-state index contributed by atoms with van der Waals surface area (Å²) in [4.78, 5) is 32.6. The lowest BCUT2D eigenvalue weighted by Crippen LogP contribution is -2.29. The molecule has 1 aromatic rings. The average Bonchev–Trinajstić information content (AvgIpc) is 2.38. The first kappa shape index (κ1) is 15.6. The standard InChI is InChI=1S/C13H17N3O4/c1-10(17)14-7-4-8-15-13(18)9-11-5-2-3-6-12(11)16(19)20/h2-3,5-6H,4,7-9H2,1H3,(H,14,17)(H,15,18). The maximum Gasteiger partial charge on any atom is 0.273 e. The summed E-state index contributed by atoms with van der Waals surface area (Å²) in [7, 11) is 0. The number of carbonyl (C=O) groups is 2. The molecule has 7 nitrogen and oxygen atoms in total. The van der Waals surface area contributed by atoms with Crippen LogP contribution in [0.4, 0.5) is 5.69 Å². The van der Waals surface area contributed by atoms with E-state index >= 15 is 0 Å². The van der Waals surface area contributed by atoms with Gasteiger partial charge < -0.3 is 10.6 Å². The van der Waals surface area contributed by atoms with Gasteiger partial charge in [0.05, 0.1) is 11.3 Å². The van der Waals surface area contributed by atoms with Crippen LogP contribution in [-0.2, 0) is 16.0 Å². The monoisotopic (exact) mass is 279 g/mol. The molecule has 1 rings (SSSR count). The van der Waals surface area contributed by atoms with Gasteiger partial charge in [-0.25, -0.2) is 0 Å². The molecule has 0 fully saturated rings. The number of nitrogens with zero attached hydrogens (tertiary/aromatic N) is 1. The van der Waals surface area contributed by atoms with Crippen LogP contribution in [0.2, 0.25) is 0 Å². The summed E-state index contributed by atoms with van der Waals surface area (Å²) in [6, 6.07) is 6.16. The molecule has 108 valence electrons. The third kappa shape index (κ3) is 5.47. The molecule has 0 spiro atoms. The van der Waals surface area contributed by atoms with Crippen molar-refractivity contribution < 1.29 is 14.5 Å². The summed E-state index contributed by atoms with van der Waals surface area (Å²) in [6.07, 6.45) is 0.583. The molecule has 7 heteroatoms. The van der Waals surface area contributed by atoms with E-state index in [-0.39, 0.29) is 23.9 Å². The largest absolute Gasteiger partial charge is 0.356 e. The fraction of sp³-hybridized carbons (Fsp3) is 0.385. The van der Waals surface area contributed by atoms with E-state index in [9.17, 15) is 19.7 Å². The van der Waals surface area contributed by atoms with Gasteiger partial charge in [0, 0.05) is 31.6 Å². The van der Waals surface area contributed by atoms with Crippen LogP contribution in [-0.4, -0.2) is 29.8 Å². The maximum atomic E-state index is 11.7. The number of para-hydroxylation sites is 1. The van der Waals surface area contributed by atoms with Gasteiger partial charge in [-0.1, -0.05) is 18.2 Å². The molecule has 1 aromatic carbocycles. The fourth-order valence-corrected chi connectivity index (χ4v) is 1.65. The van der Waals surface area contributed by atoms with Crippen LogP contribution in [0.15, 0.2) is 24.3 Å². The predicted octanol–water partition coefficient (Wildman–Crippen LogP) is 0.780. The summed E-state index contributed by atoms with van der Waals surface area (Å²) >= 11 is 0. The van der Waals surface area contributed by atoms with Crippen molar-refractivity contribution in [1.29, 1.82) is 0 Å². The Kier molecular flexibility index (Phi) is 6.15. The van der Waals surface area contributed by atoms with Gasteiger partial charge in [-0.3, -0.25) is 19.7 Å². The van der Waals surface area contributed by atoms with Crippen LogP contribution in [0.3, 0.4) is 0 Å². The molecule has 0 unspecified atom stereocenters. The van der Waals surface area contributed by atoms with E-state index in [0.29, 0.717) is 25.1 Å². The molecule has 0 saturated heterocycles. The van der Waals surface area contributed by atoms with Crippen molar-refractivity contribution in [3.63, 3.8) is 0 Å². The van der Waals surface area contributed by atoms with Crippen molar-refractivity contribution in [2.45, 2.75) is 19.8 Å². The third-order valence-corrected chi connectivity index (χ3v) is 2.59. The van der Waals surface area contributed by atoms with Crippen molar-refractivity contribution in [3.05, 3.63) is 39.9 Å². The van der Waals surface area contributed by atoms with E-state index in [4.69, 9.17) is 0 Å². The zero-order valence-electron chi connectivity index (χ0n) is 11.2. The van der Waals surface area contributed by atoms with E-state index in [1.54, 1.807) is 18.2 Å². The molecule has 0 saturated carbocycles. The first-order valence-electron chi connectivity index (χ1n) is 6.24. The lowest BCUT2D eigenvalue weighted by Gasteiger charge is -2.06. The number of nitro benzene ring substituents is 1. The summed E-state index contributed by atoms with van der Waals surface area (Å²) in [5, 5.41) is 16.1. The Morgan fingerprint density at radius 2 is 1.85 bits per heavy atom. The molecule has 20 heavy (non-hydrogen) atoms. The number of rotatable bonds is 7. The number of nitro groups is 1. The quantitative estimate of drug-likeness (QED) is 0.437. The summed E-state index contributed by atoms with van der Waals surface area (Å²) in [5.74, 6) is -0.390. The first-order valence-corrected chi connectivity index (χ1v) is 6.24. The number of carbonyl (C=O) groups excluding carboxylic acids is 2. The van der Waals surface area contributed by atoms with Crippen molar-refractivity contribution in [1.82, 2.24) is 10.6 Å². The number of nitrogens with one attached hydrogen (secondary N) is 2. The molecule has 0 aliphatic rings. The predicted molar refractivity (Wildman–Crippen MR) is 73.1 cm³/mol. The minimum absolute atomic E-state index is 0.0305. The third-order valence-electron chi connectivity index (χ3n) is 2.59. The van der Waals surface area contributed by atoms with Gasteiger partial charge in [0.15, 0.2) is 0 Å². The van der Waals surface area contributed by atoms with E-state index in [0.717, 1.165) is 0 Å². The number of hydrogen-bond acceptors (Lipinski definition) is 4. The molecular weight excluding hydrogens is 262 g/mol. The van der Waals surface area contributed by atoms with Gasteiger partial charge in [-0.15, -0.1) is 0 Å². The second kappa shape index (κ2) is 7.88. The van der Waals surface area contributed by atoms with Crippen LogP contribution < -0.4 is 10.6 Å². The Labute approximate surface area is 116 Å². The van der Waals surface area contributed by atoms with E-state index in [1.165, 1.54) is 13.0 Å². The molecule has 0 bridgehead atoms. The highest BCUT2D eigenvalue weighted by atomic mass is 16.6. The first-order chi connectivity index (χ1) is 9.50. The van der Waals surface area contributed by atoms with Crippen LogP contribution in [0.5, 0.6) is 0 Å². The minimum Gasteiger partial charge on any atom is -0.356 e. The van der Waals surface area contributed by atoms with Gasteiger partial charge in [0.2, 0.25) is 11.8 Å². The number of benzene rings is 1. The van der Waals surface area contributed by atoms with Crippen molar-refractivity contribution in [3.8, 4) is 0 Å². The molecule has 2 amide bonds. The normalized spacial score (nSPS) is 9.85. The summed E-state index contributed by atoms with van der Waals surface area (Å²) < 4.78 is 0. The van der Waals surface area contributed by atoms with Crippen LogP contribution in [0.25, 0.3) is 0 Å². The van der Waals surface area contributed by atoms with Crippen LogP contribution in [0.1, 0.15) is 18.9 Å². The van der Waals surface area contributed by atoms with E-state index in [1.807, 2.05) is 0 Å². The zero-order valence-corrected chi connectivity index (χ0v) is 11.2. The lowest BCUT2D eigenvalue weighted by atomic mass is 10.1. The molecule has 0 atom stereocenters. The maximum absolute atomic E-state index is 11.7. The van der Waals surface area contributed by atoms with Gasteiger partial charge in [0.25, 0.3) is 5.69 Å². The minimum atomic E-state index is -0.501. The Morgan fingerprint density at radius 1 is 1.20 bits per heavy atom. The molecular formula is C13H17N3O4. The molecule has 2 N–H and O–H groups in total. The van der Waals surface area contributed by atoms with E-state index in [2.05, 4.69) is 10.6 Å². The van der Waals surface area contributed by atoms with Crippen molar-refractivity contribution in [2.24, 2.45) is 0 Å². The van der Waals surface area contributed by atoms with Gasteiger partial charge in [0.1, 0.15) is 0 Å². The van der Waals surface area contributed by atoms with Crippen LogP contribution in [0, 0.1) is 10.1 Å². The Balaban J connectivity index is 2.39. The Bertz CT molecular complexity index is 502. The molecule has 0 radical (unpaired) electrons. The number of amides is 2. The lowest BCUT2D eigenvalue weighted by molar-refractivity contribution is -0.385. The second-order valence-electron chi connectivity index (χ2n) is 4.25. The SMILES string of the molecule is CC(=O)NCCCNC(=O)Cc1ccccc1[N+](=O)[O-]. The summed E-state index contributed by atoms with van der Waals surface area (Å²) in [6.45, 7) is 2.33. The highest BCUT2D eigenvalue weighted by Crippen LogP contribution is 2.17. The molecule has 0 aromatic heterocycles. The highest BCUT2D eigenvalue weighted by molar-refractivity contribution is 5.79. The Morgan fingerprint density at radius 3 is 2.50 bits per heavy atom. The summed E-state index contributed by atoms with van der Waals surface area (Å²) in [5.41, 5.74) is 0.331. The fourth-order valence-electron chi connectivity index (χ4n) is 1.65. The van der Waals surface area contributed by atoms with Crippen molar-refractivity contribution in [2.75, 3.05) is 13.1 Å². The van der Waals surface area contributed by atoms with Crippen molar-refractivity contribution >= 4 is 17.5 Å². The average molecular weight is 279 g/mol. The zero-order chi connectivity index (χ0) is 15.0. The van der Waals surface area contributed by atoms with Gasteiger partial charge in [-0.2, -0.15) is 0 Å². The molecule has 0 heterocycles. The van der Waals surface area contributed by atoms with Gasteiger partial charge in [-0.05, 0) is 6.42 Å². The van der Waals surface area contributed by atoms with Crippen LogP contribution >= 0.6 is 0 Å². The number of hydrogen-bond donors (Lipinski definition) is 2. The van der Waals surface area contributed by atoms with E-state index < -0.39 is 4.92 Å².